The lowest BCUT2D eigenvalue weighted by atomic mass is 9.94. The smallest absolute Gasteiger partial charge is 0.315 e. The first-order chi connectivity index (χ1) is 12.5. The first kappa shape index (κ1) is 16.4. The van der Waals surface area contributed by atoms with Crippen molar-refractivity contribution in [2.24, 2.45) is 0 Å². The second-order valence-electron chi connectivity index (χ2n) is 5.91. The van der Waals surface area contributed by atoms with E-state index in [0.29, 0.717) is 23.6 Å². The lowest BCUT2D eigenvalue weighted by Gasteiger charge is -2.07. The fourth-order valence-corrected chi connectivity index (χ4v) is 2.91. The number of ether oxygens (including phenoxy) is 1. The van der Waals surface area contributed by atoms with Crippen LogP contribution in [0.4, 0.5) is 8.78 Å². The molecule has 0 unspecified atom stereocenters. The van der Waals surface area contributed by atoms with E-state index < -0.39 is 12.3 Å². The largest absolute Gasteiger partial charge is 0.493 e. The summed E-state index contributed by atoms with van der Waals surface area (Å²) >= 11 is 0. The highest BCUT2D eigenvalue weighted by molar-refractivity contribution is 5.95. The van der Waals surface area contributed by atoms with Gasteiger partial charge in [-0.3, -0.25) is 4.79 Å². The molecular formula is C17H13F2N3O4. The summed E-state index contributed by atoms with van der Waals surface area (Å²) in [7, 11) is 0. The number of carbonyl (C=O) groups is 1. The number of fused-ring (bicyclic) bond motifs is 1. The van der Waals surface area contributed by atoms with E-state index in [1.54, 1.807) is 25.1 Å². The number of aryl methyl sites for hydroxylation is 1. The SMILES string of the molecule is Cc1ncoc1C(=O)C[C@@H]1COc2cc(-c3noc(C(F)F)n3)ccc21. The predicted octanol–water partition coefficient (Wildman–Crippen LogP) is 3.72. The maximum atomic E-state index is 12.6. The van der Waals surface area contributed by atoms with Crippen molar-refractivity contribution in [1.29, 1.82) is 0 Å². The summed E-state index contributed by atoms with van der Waals surface area (Å²) in [4.78, 5) is 19.9. The average Bonchev–Trinajstić information content (AvgIpc) is 3.34. The molecule has 3 heterocycles. The van der Waals surface area contributed by atoms with Gasteiger partial charge < -0.3 is 13.7 Å². The van der Waals surface area contributed by atoms with Gasteiger partial charge in [-0.1, -0.05) is 17.3 Å². The van der Waals surface area contributed by atoms with E-state index in [2.05, 4.69) is 19.6 Å². The zero-order valence-electron chi connectivity index (χ0n) is 13.6. The van der Waals surface area contributed by atoms with Crippen LogP contribution in [0.2, 0.25) is 0 Å². The number of rotatable bonds is 5. The molecule has 0 spiro atoms. The number of aromatic nitrogens is 3. The molecule has 3 aromatic rings. The van der Waals surface area contributed by atoms with E-state index in [-0.39, 0.29) is 29.7 Å². The highest BCUT2D eigenvalue weighted by atomic mass is 19.3. The average molecular weight is 361 g/mol. The van der Waals surface area contributed by atoms with Crippen molar-refractivity contribution in [3.63, 3.8) is 0 Å². The monoisotopic (exact) mass is 361 g/mol. The third-order valence-corrected chi connectivity index (χ3v) is 4.21. The van der Waals surface area contributed by atoms with E-state index in [0.717, 1.165) is 5.56 Å². The molecule has 1 atom stereocenters. The van der Waals surface area contributed by atoms with E-state index in [1.165, 1.54) is 6.39 Å². The summed E-state index contributed by atoms with van der Waals surface area (Å²) in [6.07, 6.45) is -1.36. The molecule has 0 saturated carbocycles. The predicted molar refractivity (Wildman–Crippen MR) is 83.1 cm³/mol. The Kier molecular flexibility index (Phi) is 3.98. The summed E-state index contributed by atoms with van der Waals surface area (Å²) in [6.45, 7) is 2.05. The highest BCUT2D eigenvalue weighted by Gasteiger charge is 2.29. The molecule has 26 heavy (non-hydrogen) atoms. The summed E-state index contributed by atoms with van der Waals surface area (Å²) in [6, 6.07) is 5.12. The topological polar surface area (TPSA) is 91.2 Å². The quantitative estimate of drug-likeness (QED) is 0.640. The summed E-state index contributed by atoms with van der Waals surface area (Å²) in [5, 5.41) is 3.55. The van der Waals surface area contributed by atoms with Crippen LogP contribution in [-0.2, 0) is 0 Å². The van der Waals surface area contributed by atoms with Gasteiger partial charge in [0.2, 0.25) is 11.6 Å². The van der Waals surface area contributed by atoms with Crippen LogP contribution in [0.25, 0.3) is 11.4 Å². The molecule has 1 aromatic carbocycles. The normalized spacial score (nSPS) is 15.9. The minimum Gasteiger partial charge on any atom is -0.493 e. The molecule has 0 fully saturated rings. The second kappa shape index (κ2) is 6.32. The van der Waals surface area contributed by atoms with Gasteiger partial charge in [0.25, 0.3) is 5.89 Å². The molecule has 7 nitrogen and oxygen atoms in total. The zero-order chi connectivity index (χ0) is 18.3. The lowest BCUT2D eigenvalue weighted by molar-refractivity contribution is 0.0941. The summed E-state index contributed by atoms with van der Waals surface area (Å²) in [5.74, 6) is -0.126. The van der Waals surface area contributed by atoms with Gasteiger partial charge in [-0.2, -0.15) is 13.8 Å². The molecule has 1 aliphatic heterocycles. The van der Waals surface area contributed by atoms with Crippen LogP contribution < -0.4 is 4.74 Å². The summed E-state index contributed by atoms with van der Waals surface area (Å²) < 4.78 is 40.4. The zero-order valence-corrected chi connectivity index (χ0v) is 13.6. The summed E-state index contributed by atoms with van der Waals surface area (Å²) in [5.41, 5.74) is 1.91. The lowest BCUT2D eigenvalue weighted by Crippen LogP contribution is -2.09. The number of Topliss-reactive ketones (excluding diaryl/α,β-unsaturated/α-hetero) is 1. The molecule has 0 saturated heterocycles. The molecule has 0 amide bonds. The van der Waals surface area contributed by atoms with E-state index in [9.17, 15) is 13.6 Å². The fourth-order valence-electron chi connectivity index (χ4n) is 2.91. The number of nitrogens with zero attached hydrogens (tertiary/aromatic N) is 3. The van der Waals surface area contributed by atoms with Crippen LogP contribution in [0.5, 0.6) is 5.75 Å². The van der Waals surface area contributed by atoms with E-state index >= 15 is 0 Å². The molecular weight excluding hydrogens is 348 g/mol. The molecule has 0 aliphatic carbocycles. The minimum absolute atomic E-state index is 0.0588. The van der Waals surface area contributed by atoms with Crippen LogP contribution in [0.3, 0.4) is 0 Å². The molecule has 134 valence electrons. The number of ketones is 1. The van der Waals surface area contributed by atoms with Gasteiger partial charge in [0.15, 0.2) is 12.2 Å². The number of carbonyl (C=O) groups excluding carboxylic acids is 1. The fraction of sp³-hybridized carbons (Fsp3) is 0.294. The second-order valence-corrected chi connectivity index (χ2v) is 5.91. The number of alkyl halides is 2. The Morgan fingerprint density at radius 1 is 1.38 bits per heavy atom. The van der Waals surface area contributed by atoms with Gasteiger partial charge in [0.1, 0.15) is 5.75 Å². The van der Waals surface area contributed by atoms with Gasteiger partial charge in [-0.05, 0) is 13.0 Å². The Labute approximate surface area is 146 Å². The third kappa shape index (κ3) is 2.85. The van der Waals surface area contributed by atoms with Crippen molar-refractivity contribution < 1.29 is 27.3 Å². The first-order valence-corrected chi connectivity index (χ1v) is 7.85. The van der Waals surface area contributed by atoms with Crippen LogP contribution in [0.15, 0.2) is 33.5 Å². The Morgan fingerprint density at radius 3 is 2.92 bits per heavy atom. The molecule has 0 bridgehead atoms. The Morgan fingerprint density at radius 2 is 2.23 bits per heavy atom. The Bertz CT molecular complexity index is 967. The van der Waals surface area contributed by atoms with Crippen LogP contribution >= 0.6 is 0 Å². The van der Waals surface area contributed by atoms with Crippen molar-refractivity contribution in [3.05, 3.63) is 47.5 Å². The molecule has 9 heteroatoms. The van der Waals surface area contributed by atoms with E-state index in [4.69, 9.17) is 9.15 Å². The molecule has 4 rings (SSSR count). The molecule has 1 aliphatic rings. The molecule has 0 radical (unpaired) electrons. The maximum absolute atomic E-state index is 12.6. The van der Waals surface area contributed by atoms with Gasteiger partial charge in [0, 0.05) is 23.5 Å². The number of hydrogen-bond donors (Lipinski definition) is 0. The minimum atomic E-state index is -2.82. The Balaban J connectivity index is 1.54. The van der Waals surface area contributed by atoms with Gasteiger partial charge in [-0.15, -0.1) is 0 Å². The Hall–Kier alpha value is -3.10. The van der Waals surface area contributed by atoms with Crippen LogP contribution in [0.1, 0.15) is 46.5 Å². The van der Waals surface area contributed by atoms with Gasteiger partial charge in [0.05, 0.1) is 12.3 Å². The van der Waals surface area contributed by atoms with Crippen molar-refractivity contribution in [3.8, 4) is 17.1 Å². The van der Waals surface area contributed by atoms with Crippen molar-refractivity contribution in [2.45, 2.75) is 25.7 Å². The van der Waals surface area contributed by atoms with Crippen LogP contribution in [0, 0.1) is 6.92 Å². The number of hydrogen-bond acceptors (Lipinski definition) is 7. The van der Waals surface area contributed by atoms with Crippen molar-refractivity contribution >= 4 is 5.78 Å². The third-order valence-electron chi connectivity index (χ3n) is 4.21. The highest BCUT2D eigenvalue weighted by Crippen LogP contribution is 2.39. The van der Waals surface area contributed by atoms with Gasteiger partial charge >= 0.3 is 6.43 Å². The number of oxazole rings is 1. The number of halogens is 2. The molecule has 0 N–H and O–H groups in total. The van der Waals surface area contributed by atoms with Gasteiger partial charge in [-0.25, -0.2) is 4.98 Å². The standard InChI is InChI=1S/C17H13F2N3O4/c1-8-14(25-7-20-8)12(23)4-10-6-24-13-5-9(2-3-11(10)13)16-21-17(15(18)19)26-22-16/h2-3,5,7,10,15H,4,6H2,1H3/t10-/m1/s1. The van der Waals surface area contributed by atoms with Crippen LogP contribution in [-0.4, -0.2) is 27.5 Å². The van der Waals surface area contributed by atoms with E-state index in [1.807, 2.05) is 0 Å². The number of benzene rings is 1. The van der Waals surface area contributed by atoms with Crippen molar-refractivity contribution in [2.75, 3.05) is 6.61 Å². The maximum Gasteiger partial charge on any atom is 0.315 e. The van der Waals surface area contributed by atoms with Crippen molar-refractivity contribution in [1.82, 2.24) is 15.1 Å². The molecule has 2 aromatic heterocycles. The first-order valence-electron chi connectivity index (χ1n) is 7.85.